The van der Waals surface area contributed by atoms with Gasteiger partial charge in [0.25, 0.3) is 0 Å². The molecule has 0 heterocycles. The molecule has 0 radical (unpaired) electrons. The molecule has 3 nitrogen and oxygen atoms in total. The summed E-state index contributed by atoms with van der Waals surface area (Å²) in [5.74, 6) is 0. The van der Waals surface area contributed by atoms with E-state index in [1.165, 1.54) is 12.8 Å². The second-order valence-electron chi connectivity index (χ2n) is 5.93. The Morgan fingerprint density at radius 3 is 2.48 bits per heavy atom. The summed E-state index contributed by atoms with van der Waals surface area (Å²) in [5, 5.41) is 2.92. The lowest BCUT2D eigenvalue weighted by atomic mass is 9.95. The summed E-state index contributed by atoms with van der Waals surface area (Å²) in [6.45, 7) is 8.24. The number of carbonyl (C=O) groups is 1. The first-order valence-electron chi connectivity index (χ1n) is 8.05. The number of alkyl carbamates (subject to hydrolysis) is 1. The zero-order chi connectivity index (χ0) is 15.7. The molecule has 0 saturated heterocycles. The highest BCUT2D eigenvalue weighted by Crippen LogP contribution is 2.24. The molecule has 1 aromatic rings. The summed E-state index contributed by atoms with van der Waals surface area (Å²) in [5.41, 5.74) is 0.717. The molecule has 0 aliphatic rings. The average molecular weight is 291 g/mol. The van der Waals surface area contributed by atoms with Crippen LogP contribution in [0.15, 0.2) is 30.3 Å². The Labute approximate surface area is 129 Å². The number of amides is 1. The van der Waals surface area contributed by atoms with E-state index in [2.05, 4.69) is 19.2 Å². The van der Waals surface area contributed by atoms with Gasteiger partial charge in [-0.1, -0.05) is 57.0 Å². The van der Waals surface area contributed by atoms with Crippen molar-refractivity contribution in [3.05, 3.63) is 35.9 Å². The Bertz CT molecular complexity index is 418. The highest BCUT2D eigenvalue weighted by Gasteiger charge is 2.26. The van der Waals surface area contributed by atoms with Crippen LogP contribution in [-0.4, -0.2) is 11.7 Å². The maximum Gasteiger partial charge on any atom is 0.408 e. The molecular weight excluding hydrogens is 262 g/mol. The molecule has 0 bridgehead atoms. The van der Waals surface area contributed by atoms with Crippen LogP contribution in [0.4, 0.5) is 4.79 Å². The van der Waals surface area contributed by atoms with Crippen LogP contribution in [0.5, 0.6) is 0 Å². The van der Waals surface area contributed by atoms with Crippen molar-refractivity contribution in [2.75, 3.05) is 0 Å². The highest BCUT2D eigenvalue weighted by atomic mass is 16.6. The van der Waals surface area contributed by atoms with Gasteiger partial charge in [0.05, 0.1) is 6.04 Å². The predicted octanol–water partition coefficient (Wildman–Crippen LogP) is 5.22. The molecule has 0 aromatic heterocycles. The number of rotatable bonds is 8. The summed E-state index contributed by atoms with van der Waals surface area (Å²) in [4.78, 5) is 12.1. The van der Waals surface area contributed by atoms with E-state index in [1.54, 1.807) is 0 Å². The number of nitrogens with one attached hydrogen (secondary N) is 1. The molecule has 0 fully saturated rings. The minimum Gasteiger partial charge on any atom is -0.443 e. The zero-order valence-corrected chi connectivity index (χ0v) is 13.8. The standard InChI is InChI=1S/C18H29NO2/c1-5-7-11-14-18(4,6-2)21-17(20)19-15(3)16-12-9-8-10-13-16/h8-10,12-13,15H,5-7,11,14H2,1-4H3,(H,19,20). The van der Waals surface area contributed by atoms with Crippen molar-refractivity contribution in [2.24, 2.45) is 0 Å². The van der Waals surface area contributed by atoms with E-state index in [-0.39, 0.29) is 17.7 Å². The van der Waals surface area contributed by atoms with E-state index in [1.807, 2.05) is 44.2 Å². The maximum absolute atomic E-state index is 12.1. The van der Waals surface area contributed by atoms with Gasteiger partial charge in [0.2, 0.25) is 0 Å². The second-order valence-corrected chi connectivity index (χ2v) is 5.93. The largest absolute Gasteiger partial charge is 0.443 e. The molecule has 118 valence electrons. The molecule has 0 aliphatic heterocycles. The van der Waals surface area contributed by atoms with E-state index in [9.17, 15) is 4.79 Å². The van der Waals surface area contributed by atoms with Crippen LogP contribution in [0.1, 0.15) is 71.4 Å². The highest BCUT2D eigenvalue weighted by molar-refractivity contribution is 5.68. The third kappa shape index (κ3) is 6.19. The summed E-state index contributed by atoms with van der Waals surface area (Å²) < 4.78 is 5.68. The zero-order valence-electron chi connectivity index (χ0n) is 13.8. The molecule has 0 spiro atoms. The fraction of sp³-hybridized carbons (Fsp3) is 0.611. The van der Waals surface area contributed by atoms with Crippen molar-refractivity contribution >= 4 is 6.09 Å². The molecule has 1 rings (SSSR count). The lowest BCUT2D eigenvalue weighted by Crippen LogP contribution is -2.37. The fourth-order valence-corrected chi connectivity index (χ4v) is 2.30. The van der Waals surface area contributed by atoms with Crippen LogP contribution in [0, 0.1) is 0 Å². The number of carbonyl (C=O) groups excluding carboxylic acids is 1. The fourth-order valence-electron chi connectivity index (χ4n) is 2.30. The predicted molar refractivity (Wildman–Crippen MR) is 87.3 cm³/mol. The number of unbranched alkanes of at least 4 members (excludes halogenated alkanes) is 2. The third-order valence-electron chi connectivity index (χ3n) is 4.03. The lowest BCUT2D eigenvalue weighted by Gasteiger charge is -2.29. The smallest absolute Gasteiger partial charge is 0.408 e. The van der Waals surface area contributed by atoms with Gasteiger partial charge in [-0.25, -0.2) is 4.79 Å². The number of hydrogen-bond donors (Lipinski definition) is 1. The monoisotopic (exact) mass is 291 g/mol. The molecule has 0 aliphatic carbocycles. The van der Waals surface area contributed by atoms with Crippen LogP contribution in [0.25, 0.3) is 0 Å². The minimum atomic E-state index is -0.365. The number of hydrogen-bond acceptors (Lipinski definition) is 2. The molecule has 2 atom stereocenters. The average Bonchev–Trinajstić information content (AvgIpc) is 2.48. The van der Waals surface area contributed by atoms with Crippen molar-refractivity contribution in [3.63, 3.8) is 0 Å². The van der Waals surface area contributed by atoms with Crippen molar-refractivity contribution in [1.82, 2.24) is 5.32 Å². The van der Waals surface area contributed by atoms with Gasteiger partial charge in [0.15, 0.2) is 0 Å². The maximum atomic E-state index is 12.1. The molecule has 3 heteroatoms. The Morgan fingerprint density at radius 2 is 1.90 bits per heavy atom. The van der Waals surface area contributed by atoms with E-state index in [0.29, 0.717) is 0 Å². The Balaban J connectivity index is 2.50. The summed E-state index contributed by atoms with van der Waals surface area (Å²) in [6.07, 6.45) is 4.89. The van der Waals surface area contributed by atoms with E-state index < -0.39 is 0 Å². The van der Waals surface area contributed by atoms with Crippen LogP contribution >= 0.6 is 0 Å². The van der Waals surface area contributed by atoms with E-state index in [4.69, 9.17) is 4.74 Å². The van der Waals surface area contributed by atoms with Crippen molar-refractivity contribution in [2.45, 2.75) is 71.4 Å². The molecule has 1 aromatic carbocycles. The number of ether oxygens (including phenoxy) is 1. The van der Waals surface area contributed by atoms with Gasteiger partial charge in [-0.2, -0.15) is 0 Å². The van der Waals surface area contributed by atoms with Crippen molar-refractivity contribution in [1.29, 1.82) is 0 Å². The molecule has 1 N–H and O–H groups in total. The first-order chi connectivity index (χ1) is 10.0. The SMILES string of the molecule is CCCCCC(C)(CC)OC(=O)NC(C)c1ccccc1. The Morgan fingerprint density at radius 1 is 1.24 bits per heavy atom. The van der Waals surface area contributed by atoms with E-state index >= 15 is 0 Å². The summed E-state index contributed by atoms with van der Waals surface area (Å²) in [6, 6.07) is 9.88. The first kappa shape index (κ1) is 17.5. The van der Waals surface area contributed by atoms with Crippen molar-refractivity contribution in [3.8, 4) is 0 Å². The van der Waals surface area contributed by atoms with Crippen molar-refractivity contribution < 1.29 is 9.53 Å². The number of benzene rings is 1. The van der Waals surface area contributed by atoms with Crippen LogP contribution in [0.3, 0.4) is 0 Å². The molecule has 0 saturated carbocycles. The van der Waals surface area contributed by atoms with Gasteiger partial charge in [0, 0.05) is 0 Å². The van der Waals surface area contributed by atoms with Gasteiger partial charge < -0.3 is 10.1 Å². The van der Waals surface area contributed by atoms with Gasteiger partial charge >= 0.3 is 6.09 Å². The molecule has 2 unspecified atom stereocenters. The van der Waals surface area contributed by atoms with Crippen LogP contribution < -0.4 is 5.32 Å². The summed E-state index contributed by atoms with van der Waals surface area (Å²) >= 11 is 0. The topological polar surface area (TPSA) is 38.3 Å². The van der Waals surface area contributed by atoms with Crippen LogP contribution in [0.2, 0.25) is 0 Å². The lowest BCUT2D eigenvalue weighted by molar-refractivity contribution is 0.0124. The summed E-state index contributed by atoms with van der Waals surface area (Å²) in [7, 11) is 0. The third-order valence-corrected chi connectivity index (χ3v) is 4.03. The van der Waals surface area contributed by atoms with E-state index in [0.717, 1.165) is 24.8 Å². The minimum absolute atomic E-state index is 0.0459. The Kier molecular flexibility index (Phi) is 7.27. The molecule has 1 amide bonds. The van der Waals surface area contributed by atoms with Gasteiger partial charge in [-0.15, -0.1) is 0 Å². The van der Waals surface area contributed by atoms with Gasteiger partial charge in [-0.05, 0) is 38.7 Å². The Hall–Kier alpha value is -1.51. The second kappa shape index (κ2) is 8.71. The van der Waals surface area contributed by atoms with Crippen LogP contribution in [-0.2, 0) is 4.74 Å². The van der Waals surface area contributed by atoms with Gasteiger partial charge in [-0.3, -0.25) is 0 Å². The molecular formula is C18H29NO2. The quantitative estimate of drug-likeness (QED) is 0.667. The van der Waals surface area contributed by atoms with Gasteiger partial charge in [0.1, 0.15) is 5.60 Å². The normalized spacial score (nSPS) is 15.0. The molecule has 21 heavy (non-hydrogen) atoms. The first-order valence-corrected chi connectivity index (χ1v) is 8.05.